The average Bonchev–Trinajstić information content (AvgIpc) is 2.31. The Morgan fingerprint density at radius 1 is 1.06 bits per heavy atom. The highest BCUT2D eigenvalue weighted by Gasteiger charge is 2.18. The highest BCUT2D eigenvalue weighted by atomic mass is 35.5. The van der Waals surface area contributed by atoms with Crippen LogP contribution in [0.25, 0.3) is 0 Å². The summed E-state index contributed by atoms with van der Waals surface area (Å²) in [6.07, 6.45) is 3.52. The maximum Gasteiger partial charge on any atom is 0.236 e. The first kappa shape index (κ1) is 14.1. The number of amides is 1. The van der Waals surface area contributed by atoms with Gasteiger partial charge in [-0.3, -0.25) is 9.69 Å². The summed E-state index contributed by atoms with van der Waals surface area (Å²) in [6, 6.07) is 0. The molecule has 0 bridgehead atoms. The Labute approximate surface area is 108 Å². The van der Waals surface area contributed by atoms with E-state index in [4.69, 9.17) is 23.2 Å². The Morgan fingerprint density at radius 3 is 2.12 bits per heavy atom. The monoisotopic (exact) mass is 266 g/mol. The van der Waals surface area contributed by atoms with Gasteiger partial charge in [0, 0.05) is 37.9 Å². The first-order valence-corrected chi connectivity index (χ1v) is 6.97. The van der Waals surface area contributed by atoms with Gasteiger partial charge in [-0.05, 0) is 19.3 Å². The molecular formula is C11H20Cl2N2O. The first-order valence-electron chi connectivity index (χ1n) is 5.90. The van der Waals surface area contributed by atoms with Crippen molar-refractivity contribution in [2.75, 3.05) is 44.5 Å². The van der Waals surface area contributed by atoms with Gasteiger partial charge in [-0.1, -0.05) is 0 Å². The summed E-state index contributed by atoms with van der Waals surface area (Å²) in [5.74, 6) is 1.31. The van der Waals surface area contributed by atoms with Crippen LogP contribution < -0.4 is 0 Å². The number of rotatable bonds is 6. The fraction of sp³-hybridized carbons (Fsp3) is 0.909. The van der Waals surface area contributed by atoms with Crippen molar-refractivity contribution in [3.63, 3.8) is 0 Å². The van der Waals surface area contributed by atoms with Crippen molar-refractivity contribution in [3.8, 4) is 0 Å². The van der Waals surface area contributed by atoms with Gasteiger partial charge in [0.1, 0.15) is 0 Å². The van der Waals surface area contributed by atoms with Gasteiger partial charge in [-0.25, -0.2) is 0 Å². The van der Waals surface area contributed by atoms with Crippen molar-refractivity contribution in [2.24, 2.45) is 0 Å². The highest BCUT2D eigenvalue weighted by molar-refractivity contribution is 6.18. The standard InChI is InChI=1S/C11H20Cl2N2O/c12-4-8-14(9-5-13)10-11(16)15-6-2-1-3-7-15/h1-10H2. The minimum absolute atomic E-state index is 0.218. The Kier molecular flexibility index (Phi) is 7.17. The van der Waals surface area contributed by atoms with Crippen LogP contribution in [0.1, 0.15) is 19.3 Å². The zero-order valence-corrected chi connectivity index (χ0v) is 11.1. The van der Waals surface area contributed by atoms with Crippen molar-refractivity contribution < 1.29 is 4.79 Å². The summed E-state index contributed by atoms with van der Waals surface area (Å²) in [5.41, 5.74) is 0. The summed E-state index contributed by atoms with van der Waals surface area (Å²) in [7, 11) is 0. The van der Waals surface area contributed by atoms with E-state index in [1.54, 1.807) is 0 Å². The second-order valence-electron chi connectivity index (χ2n) is 4.10. The maximum atomic E-state index is 12.0. The number of halogens is 2. The summed E-state index contributed by atoms with van der Waals surface area (Å²) in [5, 5.41) is 0. The van der Waals surface area contributed by atoms with Gasteiger partial charge in [0.25, 0.3) is 0 Å². The van der Waals surface area contributed by atoms with Crippen LogP contribution in [0, 0.1) is 0 Å². The lowest BCUT2D eigenvalue weighted by molar-refractivity contribution is -0.133. The van der Waals surface area contributed by atoms with Gasteiger partial charge in [-0.15, -0.1) is 23.2 Å². The van der Waals surface area contributed by atoms with Gasteiger partial charge in [0.15, 0.2) is 0 Å². The molecule has 1 rings (SSSR count). The molecule has 0 radical (unpaired) electrons. The molecule has 1 aliphatic rings. The van der Waals surface area contributed by atoms with Crippen LogP contribution in [0.5, 0.6) is 0 Å². The van der Waals surface area contributed by atoms with Crippen LogP contribution in [0.3, 0.4) is 0 Å². The smallest absolute Gasteiger partial charge is 0.236 e. The molecule has 0 aliphatic carbocycles. The van der Waals surface area contributed by atoms with Gasteiger partial charge in [-0.2, -0.15) is 0 Å². The van der Waals surface area contributed by atoms with Gasteiger partial charge < -0.3 is 4.90 Å². The zero-order chi connectivity index (χ0) is 11.8. The molecule has 1 amide bonds. The van der Waals surface area contributed by atoms with Crippen molar-refractivity contribution in [1.82, 2.24) is 9.80 Å². The second kappa shape index (κ2) is 8.15. The molecule has 0 aromatic carbocycles. The van der Waals surface area contributed by atoms with Gasteiger partial charge >= 0.3 is 0 Å². The van der Waals surface area contributed by atoms with Crippen LogP contribution in [0.15, 0.2) is 0 Å². The Hall–Kier alpha value is 0.01000. The molecule has 1 saturated heterocycles. The van der Waals surface area contributed by atoms with E-state index >= 15 is 0 Å². The molecular weight excluding hydrogens is 247 g/mol. The third kappa shape index (κ3) is 4.89. The van der Waals surface area contributed by atoms with E-state index in [9.17, 15) is 4.79 Å². The van der Waals surface area contributed by atoms with E-state index in [2.05, 4.69) is 0 Å². The third-order valence-electron chi connectivity index (χ3n) is 2.87. The molecule has 1 heterocycles. The SMILES string of the molecule is O=C(CN(CCCl)CCCl)N1CCCCC1. The van der Waals surface area contributed by atoms with E-state index in [1.165, 1.54) is 6.42 Å². The van der Waals surface area contributed by atoms with Crippen LogP contribution >= 0.6 is 23.2 Å². The van der Waals surface area contributed by atoms with Gasteiger partial charge in [0.05, 0.1) is 6.54 Å². The predicted molar refractivity (Wildman–Crippen MR) is 68.3 cm³/mol. The van der Waals surface area contributed by atoms with E-state index in [0.29, 0.717) is 18.3 Å². The highest BCUT2D eigenvalue weighted by Crippen LogP contribution is 2.09. The first-order chi connectivity index (χ1) is 7.77. The lowest BCUT2D eigenvalue weighted by Crippen LogP contribution is -2.43. The average molecular weight is 267 g/mol. The molecule has 0 aromatic heterocycles. The number of nitrogens with zero attached hydrogens (tertiary/aromatic N) is 2. The Bertz CT molecular complexity index is 202. The van der Waals surface area contributed by atoms with E-state index in [-0.39, 0.29) is 5.91 Å². The van der Waals surface area contributed by atoms with Crippen molar-refractivity contribution in [1.29, 1.82) is 0 Å². The second-order valence-corrected chi connectivity index (χ2v) is 4.85. The normalized spacial score (nSPS) is 16.8. The topological polar surface area (TPSA) is 23.6 Å². The lowest BCUT2D eigenvalue weighted by Gasteiger charge is -2.29. The van der Waals surface area contributed by atoms with E-state index in [0.717, 1.165) is 39.0 Å². The number of carbonyl (C=O) groups is 1. The number of carbonyl (C=O) groups excluding carboxylic acids is 1. The Balaban J connectivity index is 2.33. The van der Waals surface area contributed by atoms with Crippen molar-refractivity contribution in [2.45, 2.75) is 19.3 Å². The number of hydrogen-bond donors (Lipinski definition) is 0. The van der Waals surface area contributed by atoms with Crippen LogP contribution in [-0.4, -0.2) is 60.2 Å². The predicted octanol–water partition coefficient (Wildman–Crippen LogP) is 1.78. The zero-order valence-electron chi connectivity index (χ0n) is 9.63. The number of alkyl halides is 2. The molecule has 0 aromatic rings. The fourth-order valence-corrected chi connectivity index (χ4v) is 2.42. The summed E-state index contributed by atoms with van der Waals surface area (Å²) < 4.78 is 0. The van der Waals surface area contributed by atoms with Crippen molar-refractivity contribution in [3.05, 3.63) is 0 Å². The Morgan fingerprint density at radius 2 is 1.62 bits per heavy atom. The minimum Gasteiger partial charge on any atom is -0.342 e. The molecule has 0 unspecified atom stereocenters. The molecule has 0 atom stereocenters. The van der Waals surface area contributed by atoms with Crippen LogP contribution in [0.2, 0.25) is 0 Å². The largest absolute Gasteiger partial charge is 0.342 e. The lowest BCUT2D eigenvalue weighted by atomic mass is 10.1. The summed E-state index contributed by atoms with van der Waals surface area (Å²) in [4.78, 5) is 15.9. The molecule has 0 spiro atoms. The van der Waals surface area contributed by atoms with Crippen LogP contribution in [0.4, 0.5) is 0 Å². The molecule has 1 fully saturated rings. The third-order valence-corrected chi connectivity index (χ3v) is 3.21. The van der Waals surface area contributed by atoms with Gasteiger partial charge in [0.2, 0.25) is 5.91 Å². The minimum atomic E-state index is 0.218. The van der Waals surface area contributed by atoms with E-state index in [1.807, 2.05) is 9.80 Å². The fourth-order valence-electron chi connectivity index (χ4n) is 1.94. The number of piperidine rings is 1. The summed E-state index contributed by atoms with van der Waals surface area (Å²) in [6.45, 7) is 3.74. The molecule has 0 N–H and O–H groups in total. The molecule has 94 valence electrons. The van der Waals surface area contributed by atoms with Crippen LogP contribution in [-0.2, 0) is 4.79 Å². The molecule has 16 heavy (non-hydrogen) atoms. The number of hydrogen-bond acceptors (Lipinski definition) is 2. The molecule has 1 aliphatic heterocycles. The molecule has 5 heteroatoms. The summed E-state index contributed by atoms with van der Waals surface area (Å²) >= 11 is 11.4. The van der Waals surface area contributed by atoms with Crippen molar-refractivity contribution >= 4 is 29.1 Å². The maximum absolute atomic E-state index is 12.0. The molecule has 0 saturated carbocycles. The number of likely N-dealkylation sites (tertiary alicyclic amines) is 1. The quantitative estimate of drug-likeness (QED) is 0.685. The van der Waals surface area contributed by atoms with E-state index < -0.39 is 0 Å². The molecule has 3 nitrogen and oxygen atoms in total.